The summed E-state index contributed by atoms with van der Waals surface area (Å²) in [5, 5.41) is 30.8. The summed E-state index contributed by atoms with van der Waals surface area (Å²) in [6, 6.07) is 5.78. The Kier molecular flexibility index (Phi) is 11.0. The number of phenols is 2. The van der Waals surface area contributed by atoms with Crippen molar-refractivity contribution < 1.29 is 34.4 Å². The summed E-state index contributed by atoms with van der Waals surface area (Å²) in [6.07, 6.45) is 0.137. The third-order valence-corrected chi connectivity index (χ3v) is 6.36. The molecule has 2 aromatic carbocycles. The molecule has 0 spiro atoms. The van der Waals surface area contributed by atoms with Gasteiger partial charge in [-0.05, 0) is 48.8 Å². The SMILES string of the molecule is CCc1c(O)cc(O)c(C(=O)c2ccc(OC)c(OC)c2)c1CC(=O)N(CCO)CCN(CC)CC. The summed E-state index contributed by atoms with van der Waals surface area (Å²) in [4.78, 5) is 30.7. The first-order valence-electron chi connectivity index (χ1n) is 12.2. The van der Waals surface area contributed by atoms with Crippen LogP contribution in [0.3, 0.4) is 0 Å². The minimum Gasteiger partial charge on any atom is -0.508 e. The van der Waals surface area contributed by atoms with Crippen LogP contribution in [0.5, 0.6) is 23.0 Å². The zero-order chi connectivity index (χ0) is 26.8. The van der Waals surface area contributed by atoms with Crippen molar-refractivity contribution in [2.24, 2.45) is 0 Å². The number of benzene rings is 2. The van der Waals surface area contributed by atoms with E-state index < -0.39 is 11.5 Å². The Morgan fingerprint density at radius 2 is 1.53 bits per heavy atom. The number of amides is 1. The second-order valence-corrected chi connectivity index (χ2v) is 8.31. The van der Waals surface area contributed by atoms with Crippen LogP contribution in [0.1, 0.15) is 47.8 Å². The van der Waals surface area contributed by atoms with E-state index in [1.54, 1.807) is 24.0 Å². The quantitative estimate of drug-likeness (QED) is 0.337. The number of carbonyl (C=O) groups excluding carboxylic acids is 2. The predicted molar refractivity (Wildman–Crippen MR) is 137 cm³/mol. The largest absolute Gasteiger partial charge is 0.508 e. The topological polar surface area (TPSA) is 120 Å². The third kappa shape index (κ3) is 6.67. The molecule has 0 aromatic heterocycles. The lowest BCUT2D eigenvalue weighted by molar-refractivity contribution is -0.131. The molecule has 0 radical (unpaired) electrons. The number of carbonyl (C=O) groups is 2. The van der Waals surface area contributed by atoms with Crippen molar-refractivity contribution in [1.29, 1.82) is 0 Å². The number of rotatable bonds is 14. The molecule has 0 aliphatic heterocycles. The number of methoxy groups -OCH3 is 2. The lowest BCUT2D eigenvalue weighted by atomic mass is 9.89. The van der Waals surface area contributed by atoms with E-state index in [4.69, 9.17) is 9.47 Å². The van der Waals surface area contributed by atoms with Gasteiger partial charge in [0.15, 0.2) is 17.3 Å². The van der Waals surface area contributed by atoms with Crippen LogP contribution in [-0.2, 0) is 17.6 Å². The van der Waals surface area contributed by atoms with Crippen molar-refractivity contribution in [2.75, 3.05) is 53.6 Å². The van der Waals surface area contributed by atoms with Crippen LogP contribution in [0, 0.1) is 0 Å². The molecule has 0 heterocycles. The number of ketones is 1. The molecule has 9 heteroatoms. The highest BCUT2D eigenvalue weighted by Crippen LogP contribution is 2.36. The van der Waals surface area contributed by atoms with E-state index in [1.165, 1.54) is 20.3 Å². The van der Waals surface area contributed by atoms with Gasteiger partial charge in [0.2, 0.25) is 5.91 Å². The van der Waals surface area contributed by atoms with Crippen LogP contribution >= 0.6 is 0 Å². The molecule has 36 heavy (non-hydrogen) atoms. The van der Waals surface area contributed by atoms with Crippen molar-refractivity contribution >= 4 is 11.7 Å². The average molecular weight is 503 g/mol. The zero-order valence-electron chi connectivity index (χ0n) is 21.8. The van der Waals surface area contributed by atoms with Gasteiger partial charge in [-0.1, -0.05) is 20.8 Å². The molecule has 0 saturated heterocycles. The van der Waals surface area contributed by atoms with E-state index >= 15 is 0 Å². The van der Waals surface area contributed by atoms with E-state index in [9.17, 15) is 24.9 Å². The van der Waals surface area contributed by atoms with E-state index in [0.29, 0.717) is 36.6 Å². The molecule has 0 saturated carbocycles. The maximum Gasteiger partial charge on any atom is 0.227 e. The number of aliphatic hydroxyl groups excluding tert-OH is 1. The van der Waals surface area contributed by atoms with Gasteiger partial charge < -0.3 is 34.6 Å². The van der Waals surface area contributed by atoms with Gasteiger partial charge in [-0.15, -0.1) is 0 Å². The van der Waals surface area contributed by atoms with Gasteiger partial charge in [-0.3, -0.25) is 9.59 Å². The van der Waals surface area contributed by atoms with Gasteiger partial charge in [-0.2, -0.15) is 0 Å². The Morgan fingerprint density at radius 1 is 0.861 bits per heavy atom. The van der Waals surface area contributed by atoms with Crippen LogP contribution in [0.2, 0.25) is 0 Å². The minimum atomic E-state index is -0.511. The number of likely N-dealkylation sites (N-methyl/N-ethyl adjacent to an activating group) is 1. The first kappa shape index (κ1) is 28.9. The molecule has 0 aliphatic rings. The molecule has 0 unspecified atom stereocenters. The number of phenolic OH excluding ortho intramolecular Hbond substituents is 2. The lowest BCUT2D eigenvalue weighted by Crippen LogP contribution is -2.41. The molecule has 0 fully saturated rings. The van der Waals surface area contributed by atoms with Crippen LogP contribution in [0.25, 0.3) is 0 Å². The van der Waals surface area contributed by atoms with Crippen LogP contribution in [-0.4, -0.2) is 90.4 Å². The van der Waals surface area contributed by atoms with Gasteiger partial charge >= 0.3 is 0 Å². The van der Waals surface area contributed by atoms with Gasteiger partial charge in [0.1, 0.15) is 11.5 Å². The standard InChI is InChI=1S/C27H38N2O7/c1-6-19-20(16-25(33)29(13-14-30)12-11-28(7-2)8-3)26(22(32)17-21(19)31)27(34)18-9-10-23(35-4)24(15-18)36-5/h9-10,15,17,30-32H,6-8,11-14,16H2,1-5H3. The summed E-state index contributed by atoms with van der Waals surface area (Å²) < 4.78 is 10.5. The number of aromatic hydroxyl groups is 2. The minimum absolute atomic E-state index is 0.0436. The molecule has 2 rings (SSSR count). The monoisotopic (exact) mass is 502 g/mol. The Bertz CT molecular complexity index is 1050. The summed E-state index contributed by atoms with van der Waals surface area (Å²) in [6.45, 7) is 8.54. The fourth-order valence-corrected chi connectivity index (χ4v) is 4.26. The Morgan fingerprint density at radius 3 is 2.08 bits per heavy atom. The maximum atomic E-state index is 13.6. The molecule has 0 bridgehead atoms. The second kappa shape index (κ2) is 13.7. The number of aliphatic hydroxyl groups is 1. The molecule has 2 aromatic rings. The molecule has 198 valence electrons. The summed E-state index contributed by atoms with van der Waals surface area (Å²) >= 11 is 0. The lowest BCUT2D eigenvalue weighted by Gasteiger charge is -2.27. The molecular formula is C27H38N2O7. The van der Waals surface area contributed by atoms with Crippen LogP contribution in [0.15, 0.2) is 24.3 Å². The predicted octanol–water partition coefficient (Wildman–Crippen LogP) is 2.61. The maximum absolute atomic E-state index is 13.6. The third-order valence-electron chi connectivity index (χ3n) is 6.36. The first-order valence-corrected chi connectivity index (χ1v) is 12.2. The first-order chi connectivity index (χ1) is 17.3. The summed E-state index contributed by atoms with van der Waals surface area (Å²) in [5.74, 6) is -0.621. The smallest absolute Gasteiger partial charge is 0.227 e. The molecule has 0 aliphatic carbocycles. The normalized spacial score (nSPS) is 11.0. The van der Waals surface area contributed by atoms with Gasteiger partial charge in [0, 0.05) is 31.3 Å². The molecule has 9 nitrogen and oxygen atoms in total. The van der Waals surface area contributed by atoms with E-state index in [1.807, 2.05) is 13.8 Å². The van der Waals surface area contributed by atoms with Gasteiger partial charge in [-0.25, -0.2) is 0 Å². The fourth-order valence-electron chi connectivity index (χ4n) is 4.26. The van der Waals surface area contributed by atoms with Crippen molar-refractivity contribution in [3.63, 3.8) is 0 Å². The Balaban J connectivity index is 2.51. The molecular weight excluding hydrogens is 464 g/mol. The van der Waals surface area contributed by atoms with Crippen molar-refractivity contribution in [3.8, 4) is 23.0 Å². The average Bonchev–Trinajstić information content (AvgIpc) is 2.87. The number of ether oxygens (including phenoxy) is 2. The highest BCUT2D eigenvalue weighted by molar-refractivity contribution is 6.12. The summed E-state index contributed by atoms with van der Waals surface area (Å²) in [7, 11) is 2.94. The highest BCUT2D eigenvalue weighted by atomic mass is 16.5. The van der Waals surface area contributed by atoms with Gasteiger partial charge in [0.05, 0.1) is 32.8 Å². The van der Waals surface area contributed by atoms with Crippen LogP contribution in [0.4, 0.5) is 0 Å². The zero-order valence-corrected chi connectivity index (χ0v) is 21.8. The Hall–Kier alpha value is -3.30. The van der Waals surface area contributed by atoms with Crippen LogP contribution < -0.4 is 9.47 Å². The highest BCUT2D eigenvalue weighted by Gasteiger charge is 2.27. The Labute approximate surface area is 212 Å². The van der Waals surface area contributed by atoms with Gasteiger partial charge in [0.25, 0.3) is 0 Å². The number of nitrogens with zero attached hydrogens (tertiary/aromatic N) is 2. The van der Waals surface area contributed by atoms with E-state index in [-0.39, 0.29) is 47.9 Å². The van der Waals surface area contributed by atoms with Crippen molar-refractivity contribution in [2.45, 2.75) is 33.6 Å². The van der Waals surface area contributed by atoms with Crippen molar-refractivity contribution in [1.82, 2.24) is 9.80 Å². The number of hydrogen-bond acceptors (Lipinski definition) is 8. The molecule has 1 amide bonds. The van der Waals surface area contributed by atoms with Crippen molar-refractivity contribution in [3.05, 3.63) is 46.5 Å². The molecule has 3 N–H and O–H groups in total. The number of hydrogen-bond donors (Lipinski definition) is 3. The van der Waals surface area contributed by atoms with E-state index in [2.05, 4.69) is 4.90 Å². The second-order valence-electron chi connectivity index (χ2n) is 8.31. The van der Waals surface area contributed by atoms with E-state index in [0.717, 1.165) is 19.2 Å². The fraction of sp³-hybridized carbons (Fsp3) is 0.481. The summed E-state index contributed by atoms with van der Waals surface area (Å²) in [5.41, 5.74) is 0.874. The molecule has 0 atom stereocenters.